The maximum atomic E-state index is 12.6. The lowest BCUT2D eigenvalue weighted by Gasteiger charge is -2.28. The molecule has 1 N–H and O–H groups in total. The summed E-state index contributed by atoms with van der Waals surface area (Å²) < 4.78 is 29.8. The predicted octanol–water partition coefficient (Wildman–Crippen LogP) is 2.17. The molecule has 0 saturated heterocycles. The van der Waals surface area contributed by atoms with E-state index in [0.29, 0.717) is 38.9 Å². The molecule has 1 aromatic heterocycles. The Hall–Kier alpha value is -2.19. The summed E-state index contributed by atoms with van der Waals surface area (Å²) in [5, 5.41) is 4.38. The van der Waals surface area contributed by atoms with Gasteiger partial charge >= 0.3 is 0 Å². The Morgan fingerprint density at radius 1 is 1.19 bits per heavy atom. The first-order chi connectivity index (χ1) is 12.8. The van der Waals surface area contributed by atoms with Crippen LogP contribution in [0.1, 0.15) is 36.7 Å². The number of sulfonamides is 1. The molecule has 0 atom stereocenters. The van der Waals surface area contributed by atoms with Crippen molar-refractivity contribution in [3.63, 3.8) is 0 Å². The Kier molecular flexibility index (Phi) is 5.67. The van der Waals surface area contributed by atoms with E-state index in [1.807, 2.05) is 31.5 Å². The Morgan fingerprint density at radius 3 is 2.63 bits per heavy atom. The third kappa shape index (κ3) is 4.22. The van der Waals surface area contributed by atoms with Crippen LogP contribution in [0.15, 0.2) is 29.2 Å². The minimum absolute atomic E-state index is 0.0860. The van der Waals surface area contributed by atoms with Crippen molar-refractivity contribution in [3.05, 3.63) is 41.2 Å². The fraction of sp³-hybridized carbons (Fsp3) is 0.474. The van der Waals surface area contributed by atoms with Crippen LogP contribution in [0.3, 0.4) is 0 Å². The van der Waals surface area contributed by atoms with Crippen molar-refractivity contribution in [1.29, 1.82) is 0 Å². The van der Waals surface area contributed by atoms with Gasteiger partial charge in [-0.05, 0) is 63.4 Å². The van der Waals surface area contributed by atoms with Crippen molar-refractivity contribution in [3.8, 4) is 0 Å². The van der Waals surface area contributed by atoms with Crippen LogP contribution in [0.25, 0.3) is 0 Å². The molecule has 1 aliphatic rings. The molecular weight excluding hydrogens is 364 g/mol. The van der Waals surface area contributed by atoms with Crippen molar-refractivity contribution < 1.29 is 13.2 Å². The number of hydrogen-bond acceptors (Lipinski definition) is 4. The van der Waals surface area contributed by atoms with Gasteiger partial charge in [-0.3, -0.25) is 9.48 Å². The van der Waals surface area contributed by atoms with Gasteiger partial charge < -0.3 is 4.90 Å². The van der Waals surface area contributed by atoms with Crippen LogP contribution in [0.5, 0.6) is 0 Å². The molecule has 0 radical (unpaired) electrons. The Morgan fingerprint density at radius 2 is 1.96 bits per heavy atom. The van der Waals surface area contributed by atoms with Gasteiger partial charge in [-0.2, -0.15) is 5.10 Å². The van der Waals surface area contributed by atoms with Crippen LogP contribution in [0.4, 0.5) is 5.69 Å². The van der Waals surface area contributed by atoms with Gasteiger partial charge in [0.15, 0.2) is 0 Å². The second-order valence-corrected chi connectivity index (χ2v) is 8.60. The highest BCUT2D eigenvalue weighted by atomic mass is 32.2. The van der Waals surface area contributed by atoms with Gasteiger partial charge in [-0.25, -0.2) is 13.1 Å². The molecule has 3 rings (SSSR count). The third-order valence-corrected chi connectivity index (χ3v) is 6.28. The van der Waals surface area contributed by atoms with Gasteiger partial charge in [-0.15, -0.1) is 0 Å². The normalized spacial score (nSPS) is 14.5. The van der Waals surface area contributed by atoms with Crippen molar-refractivity contribution in [2.24, 2.45) is 0 Å². The van der Waals surface area contributed by atoms with E-state index in [2.05, 4.69) is 9.82 Å². The molecule has 1 amide bonds. The topological polar surface area (TPSA) is 84.3 Å². The lowest BCUT2D eigenvalue weighted by molar-refractivity contribution is -0.118. The van der Waals surface area contributed by atoms with Crippen molar-refractivity contribution in [1.82, 2.24) is 14.5 Å². The van der Waals surface area contributed by atoms with E-state index in [1.54, 1.807) is 23.1 Å². The van der Waals surface area contributed by atoms with Gasteiger partial charge in [0.25, 0.3) is 0 Å². The quantitative estimate of drug-likeness (QED) is 0.735. The van der Waals surface area contributed by atoms with Gasteiger partial charge in [0.05, 0.1) is 10.6 Å². The summed E-state index contributed by atoms with van der Waals surface area (Å²) >= 11 is 0. The Bertz CT molecular complexity index is 950. The van der Waals surface area contributed by atoms with E-state index in [1.165, 1.54) is 0 Å². The largest absolute Gasteiger partial charge is 0.312 e. The standard InChI is InChI=1S/C19H26N4O3S/c1-4-22-18-8-7-17(13-16(18)6-9-19(22)24)27(25,26)20-10-5-11-23-15(3)12-14(2)21-23/h7-8,12-13,20H,4-6,9-11H2,1-3H3. The van der Waals surface area contributed by atoms with Gasteiger partial charge in [0.2, 0.25) is 15.9 Å². The van der Waals surface area contributed by atoms with Crippen LogP contribution in [-0.4, -0.2) is 37.2 Å². The maximum Gasteiger partial charge on any atom is 0.240 e. The number of carbonyl (C=O) groups excluding carboxylic acids is 1. The SMILES string of the molecule is CCN1C(=O)CCc2cc(S(=O)(=O)NCCCn3nc(C)cc3C)ccc21. The molecule has 7 nitrogen and oxygen atoms in total. The van der Waals surface area contributed by atoms with E-state index in [9.17, 15) is 13.2 Å². The van der Waals surface area contributed by atoms with Crippen LogP contribution < -0.4 is 9.62 Å². The average Bonchev–Trinajstić information content (AvgIpc) is 2.95. The minimum atomic E-state index is -3.57. The monoisotopic (exact) mass is 390 g/mol. The highest BCUT2D eigenvalue weighted by molar-refractivity contribution is 7.89. The Labute approximate surface area is 160 Å². The van der Waals surface area contributed by atoms with Gasteiger partial charge in [0, 0.05) is 37.4 Å². The number of aryl methyl sites for hydroxylation is 4. The first-order valence-corrected chi connectivity index (χ1v) is 10.7. The van der Waals surface area contributed by atoms with Gasteiger partial charge in [-0.1, -0.05) is 0 Å². The number of rotatable bonds is 7. The van der Waals surface area contributed by atoms with Crippen LogP contribution in [-0.2, 0) is 27.8 Å². The fourth-order valence-electron chi connectivity index (χ4n) is 3.47. The number of carbonyl (C=O) groups is 1. The molecule has 0 spiro atoms. The van der Waals surface area contributed by atoms with E-state index in [0.717, 1.165) is 22.6 Å². The second-order valence-electron chi connectivity index (χ2n) is 6.83. The number of anilines is 1. The van der Waals surface area contributed by atoms with E-state index < -0.39 is 10.0 Å². The number of hydrogen-bond donors (Lipinski definition) is 1. The molecular formula is C19H26N4O3S. The highest BCUT2D eigenvalue weighted by Gasteiger charge is 2.24. The average molecular weight is 391 g/mol. The summed E-state index contributed by atoms with van der Waals surface area (Å²) in [5.74, 6) is 0.0860. The summed E-state index contributed by atoms with van der Waals surface area (Å²) in [6, 6.07) is 7.00. The zero-order valence-electron chi connectivity index (χ0n) is 16.0. The van der Waals surface area contributed by atoms with Crippen molar-refractivity contribution >= 4 is 21.6 Å². The van der Waals surface area contributed by atoms with E-state index in [-0.39, 0.29) is 10.8 Å². The first-order valence-electron chi connectivity index (χ1n) is 9.26. The molecule has 2 aromatic rings. The molecule has 1 aliphatic heterocycles. The lowest BCUT2D eigenvalue weighted by atomic mass is 10.0. The van der Waals surface area contributed by atoms with Crippen molar-refractivity contribution in [2.45, 2.75) is 51.5 Å². The first kappa shape index (κ1) is 19.6. The number of benzene rings is 1. The third-order valence-electron chi connectivity index (χ3n) is 4.82. The number of nitrogens with zero attached hydrogens (tertiary/aromatic N) is 3. The summed E-state index contributed by atoms with van der Waals surface area (Å²) in [4.78, 5) is 13.9. The Balaban J connectivity index is 1.65. The molecule has 2 heterocycles. The van der Waals surface area contributed by atoms with E-state index in [4.69, 9.17) is 0 Å². The molecule has 27 heavy (non-hydrogen) atoms. The molecule has 146 valence electrons. The number of amides is 1. The molecule has 0 bridgehead atoms. The van der Waals surface area contributed by atoms with Crippen LogP contribution in [0.2, 0.25) is 0 Å². The summed E-state index contributed by atoms with van der Waals surface area (Å²) in [5.41, 5.74) is 3.75. The molecule has 0 saturated carbocycles. The molecule has 8 heteroatoms. The summed E-state index contributed by atoms with van der Waals surface area (Å²) in [6.07, 6.45) is 1.65. The van der Waals surface area contributed by atoms with Crippen LogP contribution >= 0.6 is 0 Å². The zero-order chi connectivity index (χ0) is 19.6. The van der Waals surface area contributed by atoms with Gasteiger partial charge in [0.1, 0.15) is 0 Å². The molecule has 0 unspecified atom stereocenters. The zero-order valence-corrected chi connectivity index (χ0v) is 16.8. The number of fused-ring (bicyclic) bond motifs is 1. The molecule has 0 aliphatic carbocycles. The van der Waals surface area contributed by atoms with Crippen molar-refractivity contribution in [2.75, 3.05) is 18.0 Å². The number of nitrogens with one attached hydrogen (secondary N) is 1. The van der Waals surface area contributed by atoms with E-state index >= 15 is 0 Å². The summed E-state index contributed by atoms with van der Waals surface area (Å²) in [7, 11) is -3.57. The summed E-state index contributed by atoms with van der Waals surface area (Å²) in [6.45, 7) is 7.44. The maximum absolute atomic E-state index is 12.6. The highest BCUT2D eigenvalue weighted by Crippen LogP contribution is 2.29. The molecule has 1 aromatic carbocycles. The second kappa shape index (κ2) is 7.82. The molecule has 0 fully saturated rings. The minimum Gasteiger partial charge on any atom is -0.312 e. The number of aromatic nitrogens is 2. The predicted molar refractivity (Wildman–Crippen MR) is 104 cm³/mol. The smallest absolute Gasteiger partial charge is 0.240 e. The van der Waals surface area contributed by atoms with Crippen LogP contribution in [0, 0.1) is 13.8 Å². The fourth-order valence-corrected chi connectivity index (χ4v) is 4.59. The lowest BCUT2D eigenvalue weighted by Crippen LogP contribution is -2.35.